The number of para-hydroxylation sites is 1. The highest BCUT2D eigenvalue weighted by Crippen LogP contribution is 2.31. The van der Waals surface area contributed by atoms with Crippen LogP contribution in [0.3, 0.4) is 0 Å². The number of rotatable bonds is 7. The van der Waals surface area contributed by atoms with E-state index in [1.165, 1.54) is 0 Å². The number of aryl methyl sites for hydroxylation is 2. The van der Waals surface area contributed by atoms with Crippen LogP contribution in [-0.4, -0.2) is 26.2 Å². The van der Waals surface area contributed by atoms with Crippen molar-refractivity contribution in [2.75, 3.05) is 5.32 Å². The minimum absolute atomic E-state index is 0.139. The summed E-state index contributed by atoms with van der Waals surface area (Å²) in [6.45, 7) is 7.78. The zero-order valence-corrected chi connectivity index (χ0v) is 18.2. The van der Waals surface area contributed by atoms with Crippen LogP contribution in [0.25, 0.3) is 11.5 Å². The molecule has 0 saturated heterocycles. The molecule has 1 amide bonds. The molecule has 0 radical (unpaired) electrons. The number of hydrogen-bond donors (Lipinski definition) is 1. The number of carbonyl (C=O) groups is 1. The summed E-state index contributed by atoms with van der Waals surface area (Å²) in [7, 11) is 0. The molecule has 0 saturated carbocycles. The Morgan fingerprint density at radius 2 is 1.81 bits per heavy atom. The van der Waals surface area contributed by atoms with E-state index in [0.717, 1.165) is 5.56 Å². The van der Waals surface area contributed by atoms with Gasteiger partial charge in [0.15, 0.2) is 12.4 Å². The van der Waals surface area contributed by atoms with Crippen LogP contribution >= 0.6 is 0 Å². The standard InChI is InChI=1S/C23H23N5O4/c1-13(2)21-26-23(32-28-21)18-7-5-6-14(3)20(18)25-22(29)16-8-10-17(11-9-16)30-12-19-24-15(4)31-27-19/h5-11,13H,12H2,1-4H3,(H,25,29). The van der Waals surface area contributed by atoms with E-state index < -0.39 is 0 Å². The minimum Gasteiger partial charge on any atom is -0.485 e. The molecular formula is C23H23N5O4. The third kappa shape index (κ3) is 4.66. The van der Waals surface area contributed by atoms with Gasteiger partial charge in [0.1, 0.15) is 5.75 Å². The molecule has 0 atom stereocenters. The van der Waals surface area contributed by atoms with E-state index in [0.29, 0.717) is 46.0 Å². The number of benzene rings is 2. The molecule has 0 spiro atoms. The monoisotopic (exact) mass is 433 g/mol. The smallest absolute Gasteiger partial charge is 0.260 e. The quantitative estimate of drug-likeness (QED) is 0.446. The summed E-state index contributed by atoms with van der Waals surface area (Å²) in [5.41, 5.74) is 2.67. The average molecular weight is 433 g/mol. The van der Waals surface area contributed by atoms with Gasteiger partial charge in [-0.15, -0.1) is 0 Å². The summed E-state index contributed by atoms with van der Waals surface area (Å²) < 4.78 is 16.0. The Balaban J connectivity index is 1.48. The predicted molar refractivity (Wildman–Crippen MR) is 116 cm³/mol. The van der Waals surface area contributed by atoms with Crippen molar-refractivity contribution in [2.45, 2.75) is 40.2 Å². The predicted octanol–water partition coefficient (Wildman–Crippen LogP) is 4.69. The van der Waals surface area contributed by atoms with Gasteiger partial charge in [0.2, 0.25) is 11.7 Å². The first kappa shape index (κ1) is 21.2. The molecule has 2 aromatic carbocycles. The fraction of sp³-hybridized carbons (Fsp3) is 0.261. The lowest BCUT2D eigenvalue weighted by Gasteiger charge is -2.12. The lowest BCUT2D eigenvalue weighted by atomic mass is 10.1. The maximum Gasteiger partial charge on any atom is 0.260 e. The molecule has 2 aromatic heterocycles. The van der Waals surface area contributed by atoms with Gasteiger partial charge in [-0.2, -0.15) is 9.97 Å². The molecule has 4 rings (SSSR count). The Labute approximate surface area is 184 Å². The van der Waals surface area contributed by atoms with E-state index in [1.54, 1.807) is 31.2 Å². The summed E-state index contributed by atoms with van der Waals surface area (Å²) >= 11 is 0. The topological polar surface area (TPSA) is 116 Å². The Bertz CT molecular complexity index is 1230. The third-order valence-electron chi connectivity index (χ3n) is 4.75. The Morgan fingerprint density at radius 1 is 1.03 bits per heavy atom. The maximum atomic E-state index is 12.9. The first-order chi connectivity index (χ1) is 15.4. The summed E-state index contributed by atoms with van der Waals surface area (Å²) in [6, 6.07) is 12.4. The number of amides is 1. The molecule has 164 valence electrons. The van der Waals surface area contributed by atoms with Gasteiger partial charge < -0.3 is 19.1 Å². The fourth-order valence-corrected chi connectivity index (χ4v) is 3.03. The number of hydrogen-bond acceptors (Lipinski definition) is 8. The largest absolute Gasteiger partial charge is 0.485 e. The van der Waals surface area contributed by atoms with Crippen LogP contribution in [-0.2, 0) is 6.61 Å². The van der Waals surface area contributed by atoms with E-state index in [9.17, 15) is 4.79 Å². The second kappa shape index (κ2) is 9.01. The summed E-state index contributed by atoms with van der Waals surface area (Å²) in [5, 5.41) is 10.8. The Morgan fingerprint density at radius 3 is 2.47 bits per heavy atom. The van der Waals surface area contributed by atoms with Crippen molar-refractivity contribution in [3.63, 3.8) is 0 Å². The average Bonchev–Trinajstić information content (AvgIpc) is 3.43. The van der Waals surface area contributed by atoms with Gasteiger partial charge >= 0.3 is 0 Å². The molecule has 0 aliphatic rings. The molecule has 32 heavy (non-hydrogen) atoms. The zero-order valence-electron chi connectivity index (χ0n) is 18.2. The number of anilines is 1. The molecule has 0 fully saturated rings. The van der Waals surface area contributed by atoms with E-state index in [-0.39, 0.29) is 18.4 Å². The van der Waals surface area contributed by atoms with Crippen LogP contribution in [0.5, 0.6) is 5.75 Å². The molecule has 9 heteroatoms. The molecule has 9 nitrogen and oxygen atoms in total. The third-order valence-corrected chi connectivity index (χ3v) is 4.75. The maximum absolute atomic E-state index is 12.9. The van der Waals surface area contributed by atoms with Crippen molar-refractivity contribution in [1.29, 1.82) is 0 Å². The van der Waals surface area contributed by atoms with Crippen molar-refractivity contribution >= 4 is 11.6 Å². The highest BCUT2D eigenvalue weighted by Gasteiger charge is 2.18. The molecule has 0 unspecified atom stereocenters. The minimum atomic E-state index is -0.260. The second-order valence-corrected chi connectivity index (χ2v) is 7.61. The van der Waals surface area contributed by atoms with Gasteiger partial charge in [-0.05, 0) is 42.8 Å². The number of aromatic nitrogens is 4. The van der Waals surface area contributed by atoms with E-state index in [1.807, 2.05) is 39.0 Å². The molecule has 1 N–H and O–H groups in total. The fourth-order valence-electron chi connectivity index (χ4n) is 3.03. The highest BCUT2D eigenvalue weighted by atomic mass is 16.5. The van der Waals surface area contributed by atoms with Gasteiger partial charge in [-0.25, -0.2) is 0 Å². The van der Waals surface area contributed by atoms with Gasteiger partial charge in [0, 0.05) is 18.4 Å². The van der Waals surface area contributed by atoms with Crippen molar-refractivity contribution in [3.8, 4) is 17.2 Å². The van der Waals surface area contributed by atoms with Crippen LogP contribution in [0.2, 0.25) is 0 Å². The zero-order chi connectivity index (χ0) is 22.7. The molecule has 0 bridgehead atoms. The highest BCUT2D eigenvalue weighted by molar-refractivity contribution is 6.06. The van der Waals surface area contributed by atoms with Crippen LogP contribution in [0.4, 0.5) is 5.69 Å². The Hall–Kier alpha value is -4.01. The van der Waals surface area contributed by atoms with Crippen molar-refractivity contribution in [1.82, 2.24) is 20.3 Å². The van der Waals surface area contributed by atoms with E-state index in [2.05, 4.69) is 25.6 Å². The van der Waals surface area contributed by atoms with Crippen molar-refractivity contribution < 1.29 is 18.6 Å². The van der Waals surface area contributed by atoms with Gasteiger partial charge in [-0.1, -0.05) is 36.3 Å². The number of ether oxygens (including phenoxy) is 1. The lowest BCUT2D eigenvalue weighted by molar-refractivity contribution is 0.102. The van der Waals surface area contributed by atoms with Crippen molar-refractivity contribution in [2.24, 2.45) is 0 Å². The first-order valence-electron chi connectivity index (χ1n) is 10.2. The SMILES string of the molecule is Cc1nc(COc2ccc(C(=O)Nc3c(C)cccc3-c3nc(C(C)C)no3)cc2)no1. The number of carbonyl (C=O) groups excluding carboxylic acids is 1. The molecular weight excluding hydrogens is 410 g/mol. The first-order valence-corrected chi connectivity index (χ1v) is 10.2. The van der Waals surface area contributed by atoms with Crippen LogP contribution in [0, 0.1) is 13.8 Å². The van der Waals surface area contributed by atoms with Gasteiger partial charge in [0.05, 0.1) is 11.3 Å². The van der Waals surface area contributed by atoms with E-state index >= 15 is 0 Å². The normalized spacial score (nSPS) is 11.0. The number of nitrogens with zero attached hydrogens (tertiary/aromatic N) is 4. The van der Waals surface area contributed by atoms with Crippen molar-refractivity contribution in [3.05, 3.63) is 71.1 Å². The Kier molecular flexibility index (Phi) is 5.98. The molecule has 4 aromatic rings. The molecule has 2 heterocycles. The molecule has 0 aliphatic heterocycles. The van der Waals surface area contributed by atoms with Gasteiger partial charge in [0.25, 0.3) is 11.8 Å². The summed E-state index contributed by atoms with van der Waals surface area (Å²) in [5.74, 6) is 2.39. The summed E-state index contributed by atoms with van der Waals surface area (Å²) in [6.07, 6.45) is 0. The number of nitrogens with one attached hydrogen (secondary N) is 1. The van der Waals surface area contributed by atoms with Crippen LogP contribution in [0.1, 0.15) is 53.2 Å². The van der Waals surface area contributed by atoms with Crippen LogP contribution < -0.4 is 10.1 Å². The lowest BCUT2D eigenvalue weighted by Crippen LogP contribution is -2.13. The second-order valence-electron chi connectivity index (χ2n) is 7.61. The summed E-state index contributed by atoms with van der Waals surface area (Å²) in [4.78, 5) is 21.5. The van der Waals surface area contributed by atoms with E-state index in [4.69, 9.17) is 13.8 Å². The van der Waals surface area contributed by atoms with Gasteiger partial charge in [-0.3, -0.25) is 4.79 Å². The van der Waals surface area contributed by atoms with Crippen LogP contribution in [0.15, 0.2) is 51.5 Å². The molecule has 0 aliphatic carbocycles.